The average molecular weight is 278 g/mol. The molecule has 1 rings (SSSR count). The summed E-state index contributed by atoms with van der Waals surface area (Å²) in [5.41, 5.74) is 3.11. The first-order valence-corrected chi connectivity index (χ1v) is 7.26. The van der Waals surface area contributed by atoms with Crippen molar-refractivity contribution in [2.75, 3.05) is 31.6 Å². The van der Waals surface area contributed by atoms with Crippen LogP contribution in [0.1, 0.15) is 30.9 Å². The molecule has 0 radical (unpaired) electrons. The van der Waals surface area contributed by atoms with Crippen molar-refractivity contribution in [2.24, 2.45) is 0 Å². The molecule has 0 aliphatic rings. The Morgan fingerprint density at radius 1 is 1.20 bits per heavy atom. The van der Waals surface area contributed by atoms with Crippen molar-refractivity contribution in [3.05, 3.63) is 29.3 Å². The fraction of sp³-hybridized carbons (Fsp3) is 0.562. The maximum atomic E-state index is 12.0. The number of carbonyl (C=O) groups is 1. The molecule has 1 aromatic carbocycles. The van der Waals surface area contributed by atoms with Crippen molar-refractivity contribution >= 4 is 11.6 Å². The van der Waals surface area contributed by atoms with Gasteiger partial charge < -0.3 is 10.4 Å². The highest BCUT2D eigenvalue weighted by Crippen LogP contribution is 2.13. The molecule has 0 aromatic heterocycles. The number of hydrogen-bond donors (Lipinski definition) is 2. The number of nitrogens with one attached hydrogen (secondary N) is 1. The number of rotatable bonds is 8. The number of benzene rings is 1. The van der Waals surface area contributed by atoms with E-state index in [0.29, 0.717) is 13.1 Å². The zero-order chi connectivity index (χ0) is 15.0. The van der Waals surface area contributed by atoms with Crippen LogP contribution in [0.3, 0.4) is 0 Å². The minimum Gasteiger partial charge on any atom is -0.395 e. The summed E-state index contributed by atoms with van der Waals surface area (Å²) in [5.74, 6) is -0.0282. The van der Waals surface area contributed by atoms with Gasteiger partial charge in [-0.1, -0.05) is 19.4 Å². The maximum Gasteiger partial charge on any atom is 0.238 e. The summed E-state index contributed by atoms with van der Waals surface area (Å²) in [5, 5.41) is 12.0. The number of aryl methyl sites for hydroxylation is 2. The molecule has 112 valence electrons. The molecular formula is C16H26N2O2. The monoisotopic (exact) mass is 278 g/mol. The molecule has 0 atom stereocenters. The van der Waals surface area contributed by atoms with Gasteiger partial charge >= 0.3 is 0 Å². The van der Waals surface area contributed by atoms with Gasteiger partial charge in [-0.05, 0) is 50.1 Å². The molecule has 1 aromatic rings. The van der Waals surface area contributed by atoms with E-state index in [0.717, 1.165) is 36.2 Å². The number of carbonyl (C=O) groups excluding carboxylic acids is 1. The van der Waals surface area contributed by atoms with Crippen LogP contribution in [-0.2, 0) is 4.79 Å². The first-order chi connectivity index (χ1) is 9.55. The predicted molar refractivity (Wildman–Crippen MR) is 83.0 cm³/mol. The van der Waals surface area contributed by atoms with Crippen LogP contribution < -0.4 is 5.32 Å². The second-order valence-electron chi connectivity index (χ2n) is 5.28. The highest BCUT2D eigenvalue weighted by molar-refractivity contribution is 5.92. The summed E-state index contributed by atoms with van der Waals surface area (Å²) in [6, 6.07) is 6.01. The molecule has 20 heavy (non-hydrogen) atoms. The first kappa shape index (κ1) is 16.7. The number of hydrogen-bond acceptors (Lipinski definition) is 3. The number of aliphatic hydroxyl groups is 1. The van der Waals surface area contributed by atoms with E-state index in [2.05, 4.69) is 18.3 Å². The molecule has 4 nitrogen and oxygen atoms in total. The molecular weight excluding hydrogens is 252 g/mol. The Labute approximate surface area is 121 Å². The summed E-state index contributed by atoms with van der Waals surface area (Å²) in [7, 11) is 0. The second kappa shape index (κ2) is 8.72. The predicted octanol–water partition coefficient (Wildman–Crippen LogP) is 2.34. The Balaban J connectivity index is 2.55. The molecule has 0 bridgehead atoms. The van der Waals surface area contributed by atoms with Gasteiger partial charge in [-0.15, -0.1) is 0 Å². The van der Waals surface area contributed by atoms with Crippen molar-refractivity contribution < 1.29 is 9.90 Å². The van der Waals surface area contributed by atoms with Crippen LogP contribution in [0.15, 0.2) is 18.2 Å². The highest BCUT2D eigenvalue weighted by Gasteiger charge is 2.10. The standard InChI is InChI=1S/C16H26N2O2/c1-4-5-6-18(7-8-19)12-16(20)17-15-10-13(2)9-14(3)11-15/h9-11,19H,4-8,12H2,1-3H3,(H,17,20). The Bertz CT molecular complexity index is 412. The molecule has 2 N–H and O–H groups in total. The number of amides is 1. The fourth-order valence-corrected chi connectivity index (χ4v) is 2.24. The van der Waals surface area contributed by atoms with Crippen LogP contribution in [0, 0.1) is 13.8 Å². The number of anilines is 1. The molecule has 0 saturated carbocycles. The normalized spacial score (nSPS) is 10.8. The quantitative estimate of drug-likeness (QED) is 0.767. The van der Waals surface area contributed by atoms with Gasteiger partial charge in [-0.25, -0.2) is 0 Å². The van der Waals surface area contributed by atoms with Gasteiger partial charge in [0.15, 0.2) is 0 Å². The third-order valence-electron chi connectivity index (χ3n) is 3.12. The maximum absolute atomic E-state index is 12.0. The van der Waals surface area contributed by atoms with Crippen molar-refractivity contribution in [2.45, 2.75) is 33.6 Å². The number of nitrogens with zero attached hydrogens (tertiary/aromatic N) is 1. The first-order valence-electron chi connectivity index (χ1n) is 7.26. The van der Waals surface area contributed by atoms with E-state index in [4.69, 9.17) is 5.11 Å². The van der Waals surface area contributed by atoms with Crippen LogP contribution in [0.4, 0.5) is 5.69 Å². The average Bonchev–Trinajstić information content (AvgIpc) is 2.34. The van der Waals surface area contributed by atoms with Crippen molar-refractivity contribution in [3.8, 4) is 0 Å². The van der Waals surface area contributed by atoms with E-state index in [1.54, 1.807) is 0 Å². The zero-order valence-electron chi connectivity index (χ0n) is 12.8. The molecule has 0 saturated heterocycles. The van der Waals surface area contributed by atoms with Crippen LogP contribution in [0.2, 0.25) is 0 Å². The van der Waals surface area contributed by atoms with E-state index in [1.807, 2.05) is 30.9 Å². The molecule has 0 fully saturated rings. The van der Waals surface area contributed by atoms with Crippen molar-refractivity contribution in [1.29, 1.82) is 0 Å². The summed E-state index contributed by atoms with van der Waals surface area (Å²) < 4.78 is 0. The Hall–Kier alpha value is -1.39. The van der Waals surface area contributed by atoms with Gasteiger partial charge in [0.1, 0.15) is 0 Å². The number of aliphatic hydroxyl groups excluding tert-OH is 1. The minimum absolute atomic E-state index is 0.0282. The molecule has 0 spiro atoms. The lowest BCUT2D eigenvalue weighted by atomic mass is 10.1. The van der Waals surface area contributed by atoms with Crippen molar-refractivity contribution in [3.63, 3.8) is 0 Å². The van der Waals surface area contributed by atoms with E-state index >= 15 is 0 Å². The Morgan fingerprint density at radius 3 is 2.40 bits per heavy atom. The van der Waals surface area contributed by atoms with Gasteiger partial charge in [0.05, 0.1) is 13.2 Å². The molecule has 1 amide bonds. The molecule has 0 unspecified atom stereocenters. The lowest BCUT2D eigenvalue weighted by Gasteiger charge is -2.20. The lowest BCUT2D eigenvalue weighted by molar-refractivity contribution is -0.117. The smallest absolute Gasteiger partial charge is 0.238 e. The second-order valence-corrected chi connectivity index (χ2v) is 5.28. The van der Waals surface area contributed by atoms with Gasteiger partial charge in [0.25, 0.3) is 0 Å². The third kappa shape index (κ3) is 6.17. The van der Waals surface area contributed by atoms with Crippen LogP contribution in [0.25, 0.3) is 0 Å². The Morgan fingerprint density at radius 2 is 1.85 bits per heavy atom. The summed E-state index contributed by atoms with van der Waals surface area (Å²) in [6.07, 6.45) is 2.12. The summed E-state index contributed by atoms with van der Waals surface area (Å²) in [4.78, 5) is 14.0. The van der Waals surface area contributed by atoms with Crippen LogP contribution in [-0.4, -0.2) is 42.2 Å². The molecule has 0 aliphatic heterocycles. The Kier molecular flexibility index (Phi) is 7.26. The molecule has 0 aliphatic carbocycles. The van der Waals surface area contributed by atoms with E-state index in [1.165, 1.54) is 0 Å². The summed E-state index contributed by atoms with van der Waals surface area (Å²) >= 11 is 0. The van der Waals surface area contributed by atoms with Gasteiger partial charge in [-0.3, -0.25) is 9.69 Å². The lowest BCUT2D eigenvalue weighted by Crippen LogP contribution is -2.35. The molecule has 0 heterocycles. The van der Waals surface area contributed by atoms with Crippen LogP contribution >= 0.6 is 0 Å². The SMILES string of the molecule is CCCCN(CCO)CC(=O)Nc1cc(C)cc(C)c1. The zero-order valence-corrected chi connectivity index (χ0v) is 12.8. The minimum atomic E-state index is -0.0282. The molecule has 4 heteroatoms. The van der Waals surface area contributed by atoms with Gasteiger partial charge in [0.2, 0.25) is 5.91 Å². The van der Waals surface area contributed by atoms with E-state index in [-0.39, 0.29) is 12.5 Å². The topological polar surface area (TPSA) is 52.6 Å². The number of unbranched alkanes of at least 4 members (excludes halogenated alkanes) is 1. The van der Waals surface area contributed by atoms with E-state index in [9.17, 15) is 4.79 Å². The highest BCUT2D eigenvalue weighted by atomic mass is 16.3. The van der Waals surface area contributed by atoms with Gasteiger partial charge in [-0.2, -0.15) is 0 Å². The fourth-order valence-electron chi connectivity index (χ4n) is 2.24. The van der Waals surface area contributed by atoms with Crippen LogP contribution in [0.5, 0.6) is 0 Å². The summed E-state index contributed by atoms with van der Waals surface area (Å²) in [6.45, 7) is 7.95. The van der Waals surface area contributed by atoms with E-state index < -0.39 is 0 Å². The van der Waals surface area contributed by atoms with Gasteiger partial charge in [0, 0.05) is 12.2 Å². The van der Waals surface area contributed by atoms with Crippen molar-refractivity contribution in [1.82, 2.24) is 4.90 Å². The third-order valence-corrected chi connectivity index (χ3v) is 3.12. The largest absolute Gasteiger partial charge is 0.395 e.